The minimum absolute atomic E-state index is 0.00518. The number of hydrogen-bond acceptors (Lipinski definition) is 5. The molecular weight excluding hydrogens is 660 g/mol. The van der Waals surface area contributed by atoms with Crippen LogP contribution in [0.2, 0.25) is 5.02 Å². The molecule has 13 heteroatoms. The molecule has 6 rings (SSSR count). The Bertz CT molecular complexity index is 2030. The lowest BCUT2D eigenvalue weighted by Gasteiger charge is -2.39. The van der Waals surface area contributed by atoms with Crippen LogP contribution in [0.15, 0.2) is 89.8 Å². The van der Waals surface area contributed by atoms with Gasteiger partial charge in [-0.1, -0.05) is 48.0 Å². The molecule has 0 radical (unpaired) electrons. The van der Waals surface area contributed by atoms with Gasteiger partial charge in [0.2, 0.25) is 0 Å². The summed E-state index contributed by atoms with van der Waals surface area (Å²) in [4.78, 5) is 26.9. The van der Waals surface area contributed by atoms with Crippen LogP contribution in [-0.2, 0) is 16.2 Å². The lowest BCUT2D eigenvalue weighted by atomic mass is 10.0. The zero-order chi connectivity index (χ0) is 33.8. The van der Waals surface area contributed by atoms with Gasteiger partial charge in [-0.2, -0.15) is 13.2 Å². The van der Waals surface area contributed by atoms with E-state index in [1.54, 1.807) is 31.2 Å². The van der Waals surface area contributed by atoms with Crippen LogP contribution in [0.25, 0.3) is 11.6 Å². The number of fused-ring (bicyclic) bond motifs is 2. The van der Waals surface area contributed by atoms with Gasteiger partial charge >= 0.3 is 6.18 Å². The largest absolute Gasteiger partial charge is 0.484 e. The normalized spacial score (nSPS) is 17.3. The van der Waals surface area contributed by atoms with E-state index in [1.165, 1.54) is 49.4 Å². The Balaban J connectivity index is 1.44. The number of anilines is 1. The molecule has 0 bridgehead atoms. The average molecular weight is 685 g/mol. The Morgan fingerprint density at radius 2 is 1.62 bits per heavy atom. The van der Waals surface area contributed by atoms with Crippen LogP contribution in [0.5, 0.6) is 5.75 Å². The first-order chi connectivity index (χ1) is 22.2. The number of hydrogen-bond donors (Lipinski definition) is 0. The van der Waals surface area contributed by atoms with Crippen molar-refractivity contribution >= 4 is 50.8 Å². The highest BCUT2D eigenvalue weighted by molar-refractivity contribution is 7.92. The summed E-state index contributed by atoms with van der Waals surface area (Å²) in [6.07, 6.45) is -4.33. The Morgan fingerprint density at radius 3 is 2.26 bits per heavy atom. The van der Waals surface area contributed by atoms with Gasteiger partial charge < -0.3 is 4.74 Å². The molecule has 0 N–H and O–H groups in total. The standard InChI is InChI=1S/C34H25ClF4N2O5S/c1-19(31-26(35)11-6-12-27(31)36)15-21-13-14-29-28(16-21)40(47(44,45)23-8-5-7-22(17-23)34(37,38)39)18-30(46-29)20(2)41-32(42)24-9-3-4-10-25(24)33(41)43/h3-17,20,30H,18H2,1-2H3/b19-15+/t20-,30?/m1/s1. The van der Waals surface area contributed by atoms with Gasteiger partial charge in [0.05, 0.1) is 44.9 Å². The molecule has 2 aliphatic heterocycles. The molecule has 2 atom stereocenters. The summed E-state index contributed by atoms with van der Waals surface area (Å²) < 4.78 is 90.8. The van der Waals surface area contributed by atoms with E-state index in [9.17, 15) is 35.6 Å². The van der Waals surface area contributed by atoms with Crippen molar-refractivity contribution < 1.29 is 40.3 Å². The van der Waals surface area contributed by atoms with Gasteiger partial charge in [-0.15, -0.1) is 0 Å². The van der Waals surface area contributed by atoms with Crippen molar-refractivity contribution in [3.8, 4) is 5.75 Å². The maximum atomic E-state index is 14.6. The minimum Gasteiger partial charge on any atom is -0.484 e. The number of alkyl halides is 3. The van der Waals surface area contributed by atoms with E-state index in [2.05, 4.69) is 0 Å². The Morgan fingerprint density at radius 1 is 0.957 bits per heavy atom. The zero-order valence-corrected chi connectivity index (χ0v) is 26.3. The monoisotopic (exact) mass is 684 g/mol. The van der Waals surface area contributed by atoms with Crippen LogP contribution in [0, 0.1) is 5.82 Å². The summed E-state index contributed by atoms with van der Waals surface area (Å²) >= 11 is 6.23. The number of nitrogens with zero attached hydrogens (tertiary/aromatic N) is 2. The third kappa shape index (κ3) is 5.76. The van der Waals surface area contributed by atoms with E-state index < -0.39 is 63.0 Å². The second-order valence-electron chi connectivity index (χ2n) is 11.1. The molecule has 0 saturated carbocycles. The van der Waals surface area contributed by atoms with Crippen LogP contribution in [-0.4, -0.2) is 43.8 Å². The Kier molecular flexibility index (Phi) is 8.13. The number of imide groups is 1. The summed E-state index contributed by atoms with van der Waals surface area (Å²) in [6, 6.07) is 17.3. The third-order valence-corrected chi connectivity index (χ3v) is 10.2. The molecule has 1 unspecified atom stereocenters. The van der Waals surface area contributed by atoms with Gasteiger partial charge in [0, 0.05) is 5.56 Å². The van der Waals surface area contributed by atoms with Gasteiger partial charge in [-0.3, -0.25) is 18.8 Å². The van der Waals surface area contributed by atoms with E-state index in [1.807, 2.05) is 0 Å². The van der Waals surface area contributed by atoms with Crippen LogP contribution in [0.4, 0.5) is 23.2 Å². The quantitative estimate of drug-likeness (QED) is 0.118. The number of benzene rings is 4. The number of sulfonamides is 1. The lowest BCUT2D eigenvalue weighted by molar-refractivity contribution is -0.137. The topological polar surface area (TPSA) is 84.0 Å². The number of carbonyl (C=O) groups excluding carboxylic acids is 2. The number of rotatable bonds is 6. The molecule has 0 aliphatic carbocycles. The Labute approximate surface area is 272 Å². The molecular formula is C34H25ClF4N2O5S. The number of halogens is 5. The van der Waals surface area contributed by atoms with Gasteiger partial charge in [0.1, 0.15) is 17.7 Å². The third-order valence-electron chi connectivity index (χ3n) is 8.14. The van der Waals surface area contributed by atoms with Crippen molar-refractivity contribution in [2.75, 3.05) is 10.8 Å². The molecule has 4 aromatic rings. The van der Waals surface area contributed by atoms with Crippen molar-refractivity contribution in [3.63, 3.8) is 0 Å². The van der Waals surface area contributed by atoms with Crippen molar-refractivity contribution in [2.45, 2.75) is 37.1 Å². The fourth-order valence-corrected chi connectivity index (χ4v) is 7.60. The maximum absolute atomic E-state index is 14.6. The molecule has 2 heterocycles. The Hall–Kier alpha value is -4.68. The van der Waals surface area contributed by atoms with Crippen LogP contribution in [0.1, 0.15) is 51.3 Å². The predicted molar refractivity (Wildman–Crippen MR) is 168 cm³/mol. The van der Waals surface area contributed by atoms with E-state index in [-0.39, 0.29) is 33.1 Å². The molecule has 0 spiro atoms. The second-order valence-corrected chi connectivity index (χ2v) is 13.4. The minimum atomic E-state index is -4.81. The van der Waals surface area contributed by atoms with Gasteiger partial charge in [-0.25, -0.2) is 12.8 Å². The van der Waals surface area contributed by atoms with E-state index in [4.69, 9.17) is 16.3 Å². The van der Waals surface area contributed by atoms with Crippen molar-refractivity contribution in [3.05, 3.63) is 124 Å². The predicted octanol–water partition coefficient (Wildman–Crippen LogP) is 7.70. The lowest BCUT2D eigenvalue weighted by Crippen LogP contribution is -2.54. The van der Waals surface area contributed by atoms with Crippen LogP contribution < -0.4 is 9.04 Å². The molecule has 242 valence electrons. The fourth-order valence-electron chi connectivity index (χ4n) is 5.76. The fraction of sp³-hybridized carbons (Fsp3) is 0.176. The van der Waals surface area contributed by atoms with Gasteiger partial charge in [-0.05, 0) is 79.6 Å². The summed E-state index contributed by atoms with van der Waals surface area (Å²) in [5.74, 6) is -1.68. The average Bonchev–Trinajstić information content (AvgIpc) is 3.28. The van der Waals surface area contributed by atoms with Crippen molar-refractivity contribution in [2.24, 2.45) is 0 Å². The van der Waals surface area contributed by atoms with Gasteiger partial charge in [0.25, 0.3) is 21.8 Å². The molecule has 2 amide bonds. The molecule has 7 nitrogen and oxygen atoms in total. The molecule has 2 aliphatic rings. The zero-order valence-electron chi connectivity index (χ0n) is 24.8. The van der Waals surface area contributed by atoms with E-state index >= 15 is 0 Å². The highest BCUT2D eigenvalue weighted by Gasteiger charge is 2.45. The van der Waals surface area contributed by atoms with Crippen LogP contribution >= 0.6 is 11.6 Å². The van der Waals surface area contributed by atoms with E-state index in [0.29, 0.717) is 17.2 Å². The number of ether oxygens (including phenoxy) is 1. The highest BCUT2D eigenvalue weighted by Crippen LogP contribution is 2.41. The first-order valence-electron chi connectivity index (χ1n) is 14.3. The molecule has 0 aromatic heterocycles. The van der Waals surface area contributed by atoms with Crippen molar-refractivity contribution in [1.29, 1.82) is 0 Å². The van der Waals surface area contributed by atoms with Gasteiger partial charge in [0.15, 0.2) is 0 Å². The summed E-state index contributed by atoms with van der Waals surface area (Å²) in [5, 5.41) is 0.166. The number of carbonyl (C=O) groups is 2. The number of amides is 2. The molecule has 0 fully saturated rings. The molecule has 0 saturated heterocycles. The smallest absolute Gasteiger partial charge is 0.416 e. The van der Waals surface area contributed by atoms with Crippen LogP contribution in [0.3, 0.4) is 0 Å². The summed E-state index contributed by atoms with van der Waals surface area (Å²) in [6.45, 7) is 2.70. The van der Waals surface area contributed by atoms with Crippen molar-refractivity contribution in [1.82, 2.24) is 4.90 Å². The second kappa shape index (κ2) is 11.8. The molecule has 47 heavy (non-hydrogen) atoms. The summed E-state index contributed by atoms with van der Waals surface area (Å²) in [7, 11) is -4.68. The highest BCUT2D eigenvalue weighted by atomic mass is 35.5. The maximum Gasteiger partial charge on any atom is 0.416 e. The first-order valence-corrected chi connectivity index (χ1v) is 16.1. The SMILES string of the molecule is C/C(=C\c1ccc2c(c1)N(S(=O)(=O)c1cccc(C(F)(F)F)c1)CC([C@@H](C)N1C(=O)c3ccccc3C1=O)O2)c1c(F)cccc1Cl. The van der Waals surface area contributed by atoms with E-state index in [0.717, 1.165) is 27.4 Å². The summed E-state index contributed by atoms with van der Waals surface area (Å²) in [5.41, 5.74) is 0.207. The number of allylic oxidation sites excluding steroid dienone is 1. The first kappa shape index (κ1) is 32.3. The molecule has 4 aromatic carbocycles.